The number of allylic oxidation sites excluding steroid dienone is 1. The number of rotatable bonds is 8. The molecule has 55 heavy (non-hydrogen) atoms. The average molecular weight is 827 g/mol. The summed E-state index contributed by atoms with van der Waals surface area (Å²) in [7, 11) is 1.30. The molecule has 0 radical (unpaired) electrons. The third kappa shape index (κ3) is 10.1. The van der Waals surface area contributed by atoms with Crippen LogP contribution in [0.5, 0.6) is 0 Å². The van der Waals surface area contributed by atoms with Crippen LogP contribution in [0.25, 0.3) is 16.6 Å². The summed E-state index contributed by atoms with van der Waals surface area (Å²) in [6.07, 6.45) is 5.68. The molecule has 2 aromatic carbocycles. The van der Waals surface area contributed by atoms with Crippen molar-refractivity contribution in [3.8, 4) is 11.8 Å². The fraction of sp³-hybridized carbons (Fsp3) is 0.488. The van der Waals surface area contributed by atoms with E-state index in [1.165, 1.54) is 7.11 Å². The average Bonchev–Trinajstić information content (AvgIpc) is 3.94. The Morgan fingerprint density at radius 2 is 1.58 bits per heavy atom. The summed E-state index contributed by atoms with van der Waals surface area (Å²) in [5.41, 5.74) is 6.15. The lowest BCUT2D eigenvalue weighted by Crippen LogP contribution is -2.55. The number of hydrogen-bond donors (Lipinski definition) is 2. The molecule has 0 bridgehead atoms. The van der Waals surface area contributed by atoms with Crippen LogP contribution in [0.4, 0.5) is 4.79 Å². The Morgan fingerprint density at radius 1 is 0.909 bits per heavy atom. The fourth-order valence-electron chi connectivity index (χ4n) is 7.44. The first-order valence-electron chi connectivity index (χ1n) is 18.2. The molecule has 10 nitrogen and oxygen atoms in total. The molecule has 4 heterocycles. The molecule has 0 unspecified atom stereocenters. The van der Waals surface area contributed by atoms with E-state index in [0.29, 0.717) is 12.5 Å². The Balaban J connectivity index is 0.00000261. The van der Waals surface area contributed by atoms with Gasteiger partial charge < -0.3 is 24.8 Å². The van der Waals surface area contributed by atoms with Crippen LogP contribution in [0.2, 0.25) is 0 Å². The van der Waals surface area contributed by atoms with Crippen LogP contribution in [0.15, 0.2) is 53.7 Å². The van der Waals surface area contributed by atoms with E-state index < -0.39 is 17.7 Å². The van der Waals surface area contributed by atoms with E-state index in [1.54, 1.807) is 0 Å². The van der Waals surface area contributed by atoms with Gasteiger partial charge in [-0.25, -0.2) is 9.78 Å². The van der Waals surface area contributed by atoms with Crippen molar-refractivity contribution in [2.45, 2.75) is 91.3 Å². The molecule has 3 amide bonds. The van der Waals surface area contributed by atoms with Gasteiger partial charge in [0.05, 0.1) is 29.7 Å². The van der Waals surface area contributed by atoms with Gasteiger partial charge in [-0.1, -0.05) is 58.6 Å². The zero-order valence-corrected chi connectivity index (χ0v) is 36.9. The summed E-state index contributed by atoms with van der Waals surface area (Å²) in [6, 6.07) is 13.6. The molecule has 300 valence electrons. The molecule has 14 heteroatoms. The quantitative estimate of drug-likeness (QED) is 0.235. The highest BCUT2D eigenvalue weighted by atomic mass is 32.1. The number of ether oxygens (including phenoxy) is 1. The number of aromatic amines is 1. The Morgan fingerprint density at radius 3 is 2.24 bits per heavy atom. The summed E-state index contributed by atoms with van der Waals surface area (Å²) in [4.78, 5) is 55.9. The number of likely N-dealkylation sites (tertiary alicyclic amines) is 2. The maximum atomic E-state index is 13.7. The zero-order valence-electron chi connectivity index (χ0n) is 32.9. The van der Waals surface area contributed by atoms with Crippen molar-refractivity contribution in [1.29, 1.82) is 0 Å². The van der Waals surface area contributed by atoms with Crippen molar-refractivity contribution < 1.29 is 19.1 Å². The van der Waals surface area contributed by atoms with Gasteiger partial charge in [0.2, 0.25) is 11.8 Å². The van der Waals surface area contributed by atoms with E-state index in [0.717, 1.165) is 83.5 Å². The number of benzene rings is 2. The van der Waals surface area contributed by atoms with Crippen LogP contribution in [-0.2, 0) is 19.9 Å². The number of alkyl carbamates (subject to hydrolysis) is 1. The minimum absolute atomic E-state index is 0. The van der Waals surface area contributed by atoms with E-state index in [2.05, 4.69) is 53.0 Å². The van der Waals surface area contributed by atoms with Gasteiger partial charge in [0.25, 0.3) is 0 Å². The molecule has 0 spiro atoms. The number of H-pyrrole nitrogens is 1. The first kappa shape index (κ1) is 47.6. The Labute approximate surface area is 353 Å². The second-order valence-electron chi connectivity index (χ2n) is 15.0. The minimum Gasteiger partial charge on any atom is -0.453 e. The lowest BCUT2D eigenvalue weighted by molar-refractivity contribution is -0.139. The summed E-state index contributed by atoms with van der Waals surface area (Å²) in [5, 5.41) is 2.72. The van der Waals surface area contributed by atoms with Gasteiger partial charge in [0.15, 0.2) is 0 Å². The van der Waals surface area contributed by atoms with Crippen LogP contribution >= 0.6 is 54.0 Å². The highest BCUT2D eigenvalue weighted by molar-refractivity contribution is 7.59. The van der Waals surface area contributed by atoms with Crippen LogP contribution in [0.3, 0.4) is 0 Å². The first-order valence-corrected chi connectivity index (χ1v) is 18.2. The molecule has 1 aromatic heterocycles. The van der Waals surface area contributed by atoms with Gasteiger partial charge in [-0.3, -0.25) is 14.6 Å². The number of amides is 3. The molecular weight excluding hydrogens is 769 g/mol. The normalized spacial score (nSPS) is 19.8. The van der Waals surface area contributed by atoms with Crippen molar-refractivity contribution in [2.75, 3.05) is 20.2 Å². The van der Waals surface area contributed by atoms with E-state index in [9.17, 15) is 14.4 Å². The maximum Gasteiger partial charge on any atom is 0.407 e. The number of methoxy groups -OCH3 is 1. The molecule has 3 aliphatic heterocycles. The fourth-order valence-corrected chi connectivity index (χ4v) is 7.44. The zero-order chi connectivity index (χ0) is 36.4. The lowest BCUT2D eigenvalue weighted by atomic mass is 9.94. The molecule has 6 rings (SSSR count). The van der Waals surface area contributed by atoms with E-state index >= 15 is 0 Å². The van der Waals surface area contributed by atoms with E-state index in [-0.39, 0.29) is 83.7 Å². The number of nitrogens with one attached hydrogen (secondary N) is 2. The number of fused-ring (bicyclic) bond motifs is 1. The number of carbonyl (C=O) groups excluding carboxylic acids is 3. The smallest absolute Gasteiger partial charge is 0.407 e. The van der Waals surface area contributed by atoms with Crippen LogP contribution in [0.1, 0.15) is 96.2 Å². The summed E-state index contributed by atoms with van der Waals surface area (Å²) < 4.78 is 4.78. The molecule has 2 N–H and O–H groups in total. The monoisotopic (exact) mass is 826 g/mol. The van der Waals surface area contributed by atoms with Gasteiger partial charge in [-0.15, -0.1) is 0 Å². The van der Waals surface area contributed by atoms with Gasteiger partial charge in [-0.2, -0.15) is 54.0 Å². The molecule has 2 saturated heterocycles. The molecular formula is C41H58N6O4S4. The maximum absolute atomic E-state index is 13.7. The van der Waals surface area contributed by atoms with Crippen molar-refractivity contribution >= 4 is 94.2 Å². The van der Waals surface area contributed by atoms with Crippen LogP contribution in [-0.4, -0.2) is 75.7 Å². The third-order valence-corrected chi connectivity index (χ3v) is 11.0. The van der Waals surface area contributed by atoms with E-state index in [1.807, 2.05) is 69.1 Å². The Bertz CT molecular complexity index is 1950. The van der Waals surface area contributed by atoms with Gasteiger partial charge in [0.1, 0.15) is 11.9 Å². The predicted octanol–water partition coefficient (Wildman–Crippen LogP) is 7.10. The third-order valence-electron chi connectivity index (χ3n) is 11.0. The van der Waals surface area contributed by atoms with Crippen molar-refractivity contribution in [2.24, 2.45) is 22.7 Å². The van der Waals surface area contributed by atoms with Gasteiger partial charge in [-0.05, 0) is 85.9 Å². The lowest BCUT2D eigenvalue weighted by Gasteiger charge is -2.37. The summed E-state index contributed by atoms with van der Waals surface area (Å²) >= 11 is 0. The number of hydrogen-bond acceptors (Lipinski definition) is 6. The topological polar surface area (TPSA) is 120 Å². The van der Waals surface area contributed by atoms with Crippen LogP contribution in [0, 0.1) is 29.6 Å². The minimum atomic E-state index is -0.700. The number of aromatic nitrogens is 2. The van der Waals surface area contributed by atoms with Gasteiger partial charge in [0, 0.05) is 48.5 Å². The van der Waals surface area contributed by atoms with Crippen LogP contribution < -0.4 is 5.32 Å². The highest BCUT2D eigenvalue weighted by Gasteiger charge is 2.46. The molecule has 0 aliphatic carbocycles. The molecule has 3 aromatic rings. The van der Waals surface area contributed by atoms with Gasteiger partial charge >= 0.3 is 6.09 Å². The second-order valence-corrected chi connectivity index (χ2v) is 15.0. The predicted molar refractivity (Wildman–Crippen MR) is 241 cm³/mol. The molecule has 3 aliphatic rings. The molecule has 4 atom stereocenters. The second kappa shape index (κ2) is 20.1. The molecule has 2 fully saturated rings. The van der Waals surface area contributed by atoms with Crippen molar-refractivity contribution in [1.82, 2.24) is 25.1 Å². The largest absolute Gasteiger partial charge is 0.453 e. The highest BCUT2D eigenvalue weighted by Crippen LogP contribution is 2.39. The number of aliphatic imine (C=N–C) groups is 1. The molecule has 0 saturated carbocycles. The van der Waals surface area contributed by atoms with E-state index in [4.69, 9.17) is 14.7 Å². The number of carbonyl (C=O) groups is 3. The SMILES string of the molecule is COC(=O)N[C@H](C(=O)N1CCC[C@@]1(C)c1nc2ccc(C#Cc3ccc(C4=CN=C([C@@H]5CCCN5C(=O)[C@@H](C)C(C)C)C4)cc3)cc2[nH]1)C(C)C.S.S.S.S. The summed E-state index contributed by atoms with van der Waals surface area (Å²) in [6.45, 7) is 13.5. The summed E-state index contributed by atoms with van der Waals surface area (Å²) in [5.74, 6) is 7.63. The number of imidazole rings is 1. The first-order chi connectivity index (χ1) is 24.4. The Kier molecular flexibility index (Phi) is 17.4. The standard InChI is InChI=1S/C41H50N6O4.4H2S/c1-25(2)27(5)37(48)46-20-8-10-35(46)34-23-31(24-42-34)30-16-13-28(14-17-30)11-12-29-15-18-32-33(22-29)44-39(43-32)41(6)19-9-21-47(41)38(49)36(26(3)4)45-40(50)51-7;;;;/h13-18,22,24-27,35-36H,8-10,19-21,23H2,1-7H3,(H,43,44)(H,45,50);4*1H2/t27-,35-,36-,41-;;;;/m0..../s1. The van der Waals surface area contributed by atoms with Crippen molar-refractivity contribution in [3.63, 3.8) is 0 Å². The van der Waals surface area contributed by atoms with Crippen molar-refractivity contribution in [3.05, 3.63) is 71.2 Å². The Hall–Kier alpha value is -3.51. The number of nitrogens with zero attached hydrogens (tertiary/aromatic N) is 4.